The van der Waals surface area contributed by atoms with Gasteiger partial charge in [-0.25, -0.2) is 4.39 Å². The molecule has 2 aliphatic rings. The molecule has 1 heterocycles. The number of hydrogen-bond donors (Lipinski definition) is 3. The lowest BCUT2D eigenvalue weighted by atomic mass is 9.96. The lowest BCUT2D eigenvalue weighted by Crippen LogP contribution is -2.48. The number of rotatable bonds is 8. The van der Waals surface area contributed by atoms with E-state index in [4.69, 9.17) is 4.74 Å². The van der Waals surface area contributed by atoms with E-state index in [1.54, 1.807) is 0 Å². The van der Waals surface area contributed by atoms with Gasteiger partial charge in [0.15, 0.2) is 5.96 Å². The number of ether oxygens (including phenoxy) is 1. The third-order valence-corrected chi connectivity index (χ3v) is 5.49. The Balaban J connectivity index is 1.55. The van der Waals surface area contributed by atoms with Crippen LogP contribution in [0.3, 0.4) is 0 Å². The third kappa shape index (κ3) is 5.90. The van der Waals surface area contributed by atoms with Crippen LogP contribution in [0, 0.1) is 5.82 Å². The minimum Gasteiger partial charge on any atom is -0.387 e. The van der Waals surface area contributed by atoms with E-state index in [-0.39, 0.29) is 11.2 Å². The van der Waals surface area contributed by atoms with Crippen molar-refractivity contribution in [2.45, 2.75) is 37.7 Å². The van der Waals surface area contributed by atoms with Crippen LogP contribution in [0.2, 0.25) is 0 Å². The van der Waals surface area contributed by atoms with Crippen LogP contribution in [-0.4, -0.2) is 74.0 Å². The van der Waals surface area contributed by atoms with Crippen molar-refractivity contribution >= 4 is 5.96 Å². The van der Waals surface area contributed by atoms with Crippen LogP contribution in [0.4, 0.5) is 4.39 Å². The van der Waals surface area contributed by atoms with Gasteiger partial charge >= 0.3 is 0 Å². The molecule has 28 heavy (non-hydrogen) atoms. The second kappa shape index (κ2) is 9.20. The highest BCUT2D eigenvalue weighted by Crippen LogP contribution is 2.47. The Morgan fingerprint density at radius 3 is 2.54 bits per heavy atom. The summed E-state index contributed by atoms with van der Waals surface area (Å²) < 4.78 is 18.6. The van der Waals surface area contributed by atoms with Gasteiger partial charge in [-0.3, -0.25) is 9.89 Å². The Hall–Kier alpha value is -1.70. The standard InChI is InChI=1S/C21H33FN4O2/c1-3-23-19(24-14-20(2,27)16-26-10-12-28-13-11-26)25-15-21(8-9-21)17-4-6-18(22)7-5-17/h4-7,27H,3,8-16H2,1-2H3,(H2,23,24,25). The summed E-state index contributed by atoms with van der Waals surface area (Å²) in [7, 11) is 0. The van der Waals surface area contributed by atoms with Gasteiger partial charge in [-0.05, 0) is 44.4 Å². The first-order chi connectivity index (χ1) is 13.4. The van der Waals surface area contributed by atoms with Gasteiger partial charge in [-0.1, -0.05) is 12.1 Å². The predicted octanol–water partition coefficient (Wildman–Crippen LogP) is 1.50. The van der Waals surface area contributed by atoms with Gasteiger partial charge in [-0.2, -0.15) is 0 Å². The maximum absolute atomic E-state index is 13.2. The number of halogens is 1. The Morgan fingerprint density at radius 1 is 1.25 bits per heavy atom. The first-order valence-electron chi connectivity index (χ1n) is 10.2. The summed E-state index contributed by atoms with van der Waals surface area (Å²) in [6, 6.07) is 6.80. The number of β-amino-alcohol motifs (C(OH)–C–C–N with tert-alkyl or cyclic N) is 1. The molecule has 1 atom stereocenters. The van der Waals surface area contributed by atoms with E-state index < -0.39 is 5.60 Å². The number of aliphatic imine (C=N–C) groups is 1. The lowest BCUT2D eigenvalue weighted by Gasteiger charge is -2.33. The number of nitrogens with zero attached hydrogens (tertiary/aromatic N) is 2. The maximum Gasteiger partial charge on any atom is 0.191 e. The first-order valence-corrected chi connectivity index (χ1v) is 10.2. The smallest absolute Gasteiger partial charge is 0.191 e. The third-order valence-electron chi connectivity index (χ3n) is 5.49. The number of nitrogens with one attached hydrogen (secondary N) is 2. The van der Waals surface area contributed by atoms with Crippen molar-refractivity contribution in [3.05, 3.63) is 35.6 Å². The molecule has 0 spiro atoms. The van der Waals surface area contributed by atoms with E-state index in [2.05, 4.69) is 20.5 Å². The van der Waals surface area contributed by atoms with Crippen molar-refractivity contribution in [1.82, 2.24) is 15.5 Å². The summed E-state index contributed by atoms with van der Waals surface area (Å²) >= 11 is 0. The highest BCUT2D eigenvalue weighted by atomic mass is 19.1. The average molecular weight is 393 g/mol. The van der Waals surface area contributed by atoms with Crippen LogP contribution in [0.25, 0.3) is 0 Å². The molecule has 0 radical (unpaired) electrons. The fourth-order valence-corrected chi connectivity index (χ4v) is 3.66. The minimum atomic E-state index is -0.895. The van der Waals surface area contributed by atoms with Gasteiger partial charge in [0.05, 0.1) is 25.4 Å². The van der Waals surface area contributed by atoms with Crippen LogP contribution in [0.15, 0.2) is 29.3 Å². The molecule has 0 bridgehead atoms. The Kier molecular flexibility index (Phi) is 6.91. The minimum absolute atomic E-state index is 0.0558. The summed E-state index contributed by atoms with van der Waals surface area (Å²) in [5, 5.41) is 17.4. The monoisotopic (exact) mass is 392 g/mol. The molecule has 3 N–H and O–H groups in total. The number of aliphatic hydroxyl groups is 1. The molecule has 0 aromatic heterocycles. The van der Waals surface area contributed by atoms with Crippen LogP contribution in [-0.2, 0) is 10.2 Å². The zero-order valence-corrected chi connectivity index (χ0v) is 17.0. The van der Waals surface area contributed by atoms with Crippen molar-refractivity contribution in [3.8, 4) is 0 Å². The molecule has 1 aromatic carbocycles. The van der Waals surface area contributed by atoms with E-state index in [0.717, 1.165) is 57.8 Å². The van der Waals surface area contributed by atoms with Gasteiger partial charge in [0, 0.05) is 38.1 Å². The molecule has 7 heteroatoms. The maximum atomic E-state index is 13.2. The van der Waals surface area contributed by atoms with Gasteiger partial charge in [0.2, 0.25) is 0 Å². The number of hydrogen-bond acceptors (Lipinski definition) is 4. The molecule has 156 valence electrons. The van der Waals surface area contributed by atoms with E-state index in [9.17, 15) is 9.50 Å². The van der Waals surface area contributed by atoms with Crippen LogP contribution in [0.1, 0.15) is 32.3 Å². The Bertz CT molecular complexity index is 653. The molecular formula is C21H33FN4O2. The second-order valence-electron chi connectivity index (χ2n) is 8.22. The second-order valence-corrected chi connectivity index (χ2v) is 8.22. The zero-order valence-electron chi connectivity index (χ0n) is 17.0. The quantitative estimate of drug-likeness (QED) is 0.462. The SMILES string of the molecule is CCNC(=NCC(C)(O)CN1CCOCC1)NCC1(c2ccc(F)cc2)CC1. The number of morpholine rings is 1. The molecule has 6 nitrogen and oxygen atoms in total. The van der Waals surface area contributed by atoms with E-state index in [1.807, 2.05) is 26.0 Å². The lowest BCUT2D eigenvalue weighted by molar-refractivity contribution is -0.0179. The van der Waals surface area contributed by atoms with Crippen molar-refractivity contribution < 1.29 is 14.2 Å². The van der Waals surface area contributed by atoms with Gasteiger partial charge < -0.3 is 20.5 Å². The van der Waals surface area contributed by atoms with Crippen LogP contribution in [0.5, 0.6) is 0 Å². The van der Waals surface area contributed by atoms with Crippen molar-refractivity contribution in [2.24, 2.45) is 4.99 Å². The van der Waals surface area contributed by atoms with E-state index in [0.29, 0.717) is 19.0 Å². The van der Waals surface area contributed by atoms with E-state index in [1.165, 1.54) is 12.1 Å². The van der Waals surface area contributed by atoms with Gasteiger partial charge in [0.1, 0.15) is 5.82 Å². The Labute approximate surface area is 167 Å². The molecule has 1 saturated carbocycles. The summed E-state index contributed by atoms with van der Waals surface area (Å²) in [5.74, 6) is 0.503. The molecule has 3 rings (SSSR count). The molecule has 1 aromatic rings. The van der Waals surface area contributed by atoms with Crippen LogP contribution >= 0.6 is 0 Å². The normalized spacial score (nSPS) is 21.8. The fourth-order valence-electron chi connectivity index (χ4n) is 3.66. The van der Waals surface area contributed by atoms with Crippen molar-refractivity contribution in [3.63, 3.8) is 0 Å². The number of benzene rings is 1. The molecule has 1 aliphatic carbocycles. The number of guanidine groups is 1. The highest BCUT2D eigenvalue weighted by molar-refractivity contribution is 5.80. The Morgan fingerprint density at radius 2 is 1.93 bits per heavy atom. The van der Waals surface area contributed by atoms with Crippen LogP contribution < -0.4 is 10.6 Å². The van der Waals surface area contributed by atoms with Crippen molar-refractivity contribution in [2.75, 3.05) is 52.5 Å². The molecule has 1 unspecified atom stereocenters. The largest absolute Gasteiger partial charge is 0.387 e. The molecular weight excluding hydrogens is 359 g/mol. The summed E-state index contributed by atoms with van der Waals surface area (Å²) in [4.78, 5) is 6.83. The summed E-state index contributed by atoms with van der Waals surface area (Å²) in [6.07, 6.45) is 2.17. The van der Waals surface area contributed by atoms with E-state index >= 15 is 0 Å². The molecule has 2 fully saturated rings. The summed E-state index contributed by atoms with van der Waals surface area (Å²) in [5.41, 5.74) is 0.324. The average Bonchev–Trinajstić information content (AvgIpc) is 3.46. The topological polar surface area (TPSA) is 69.1 Å². The first kappa shape index (κ1) is 21.0. The fraction of sp³-hybridized carbons (Fsp3) is 0.667. The predicted molar refractivity (Wildman–Crippen MR) is 109 cm³/mol. The summed E-state index contributed by atoms with van der Waals surface area (Å²) in [6.45, 7) is 9.38. The zero-order chi connectivity index (χ0) is 20.0. The highest BCUT2D eigenvalue weighted by Gasteiger charge is 2.44. The molecule has 0 amide bonds. The molecule has 1 saturated heterocycles. The van der Waals surface area contributed by atoms with Gasteiger partial charge in [-0.15, -0.1) is 0 Å². The molecule has 1 aliphatic heterocycles. The van der Waals surface area contributed by atoms with Gasteiger partial charge in [0.25, 0.3) is 0 Å². The van der Waals surface area contributed by atoms with Crippen molar-refractivity contribution in [1.29, 1.82) is 0 Å².